The molecule has 0 unspecified atom stereocenters. The first kappa shape index (κ1) is 14.8. The summed E-state index contributed by atoms with van der Waals surface area (Å²) >= 11 is 10.2. The summed E-state index contributed by atoms with van der Waals surface area (Å²) in [6, 6.07) is 1.45. The molecule has 2 rings (SSSR count). The largest absolute Gasteiger partial charge is 0.274 e. The summed E-state index contributed by atoms with van der Waals surface area (Å²) in [6.07, 6.45) is 3.18. The van der Waals surface area contributed by atoms with Gasteiger partial charge < -0.3 is 0 Å². The maximum atomic E-state index is 12.6. The second-order valence-corrected chi connectivity index (χ2v) is 8.60. The van der Waals surface area contributed by atoms with Crippen LogP contribution in [-0.2, 0) is 17.1 Å². The number of aromatic nitrogens is 2. The number of nitrogens with zero attached hydrogens (tertiary/aromatic N) is 3. The van der Waals surface area contributed by atoms with Crippen LogP contribution in [0.5, 0.6) is 0 Å². The quantitative estimate of drug-likeness (QED) is 0.814. The molecule has 2 aromatic rings. The smallest absolute Gasteiger partial charge is 0.274 e. The lowest BCUT2D eigenvalue weighted by atomic mass is 10.5. The van der Waals surface area contributed by atoms with Crippen LogP contribution >= 0.6 is 38.9 Å². The van der Waals surface area contributed by atoms with Gasteiger partial charge >= 0.3 is 0 Å². The van der Waals surface area contributed by atoms with E-state index >= 15 is 0 Å². The van der Waals surface area contributed by atoms with Gasteiger partial charge in [-0.2, -0.15) is 5.10 Å². The van der Waals surface area contributed by atoms with Crippen LogP contribution in [0.3, 0.4) is 0 Å². The fourth-order valence-electron chi connectivity index (χ4n) is 1.59. The highest BCUT2D eigenvalue weighted by Crippen LogP contribution is 2.36. The second-order valence-electron chi connectivity index (χ2n) is 3.73. The van der Waals surface area contributed by atoms with E-state index in [4.69, 9.17) is 11.6 Å². The van der Waals surface area contributed by atoms with E-state index in [9.17, 15) is 8.42 Å². The Balaban J connectivity index is 2.47. The first-order valence-electron chi connectivity index (χ1n) is 5.32. The number of thiophene rings is 1. The van der Waals surface area contributed by atoms with Gasteiger partial charge in [0.05, 0.1) is 20.7 Å². The van der Waals surface area contributed by atoms with Crippen molar-refractivity contribution in [2.75, 3.05) is 10.8 Å². The van der Waals surface area contributed by atoms with Crippen LogP contribution < -0.4 is 4.31 Å². The zero-order valence-corrected chi connectivity index (χ0v) is 14.1. The number of hydrogen-bond acceptors (Lipinski definition) is 4. The van der Waals surface area contributed by atoms with Gasteiger partial charge in [0.2, 0.25) is 0 Å². The molecule has 0 N–H and O–H groups in total. The van der Waals surface area contributed by atoms with Crippen LogP contribution in [0.15, 0.2) is 26.5 Å². The molecule has 0 spiro atoms. The van der Waals surface area contributed by atoms with Crippen molar-refractivity contribution in [3.05, 3.63) is 27.3 Å². The van der Waals surface area contributed by atoms with Crippen LogP contribution in [0.1, 0.15) is 6.92 Å². The number of halogens is 2. The molecule has 5 nitrogen and oxygen atoms in total. The minimum Gasteiger partial charge on any atom is -0.274 e. The molecule has 9 heteroatoms. The lowest BCUT2D eigenvalue weighted by Gasteiger charge is -2.19. The van der Waals surface area contributed by atoms with Crippen molar-refractivity contribution in [2.45, 2.75) is 11.1 Å². The molecule has 0 aliphatic rings. The molecule has 0 saturated carbocycles. The van der Waals surface area contributed by atoms with Gasteiger partial charge in [-0.15, -0.1) is 11.3 Å². The first-order chi connectivity index (χ1) is 8.86. The summed E-state index contributed by atoms with van der Waals surface area (Å²) in [5.74, 6) is 0. The number of aryl methyl sites for hydroxylation is 1. The monoisotopic (exact) mass is 383 g/mol. The van der Waals surface area contributed by atoms with Gasteiger partial charge in [0.25, 0.3) is 10.0 Å². The number of rotatable bonds is 4. The normalized spacial score (nSPS) is 11.8. The van der Waals surface area contributed by atoms with Gasteiger partial charge in [-0.1, -0.05) is 11.6 Å². The van der Waals surface area contributed by atoms with Crippen LogP contribution in [0, 0.1) is 0 Å². The molecule has 2 aromatic heterocycles. The molecule has 2 heterocycles. The van der Waals surface area contributed by atoms with Crippen molar-refractivity contribution < 1.29 is 8.42 Å². The predicted molar refractivity (Wildman–Crippen MR) is 80.4 cm³/mol. The van der Waals surface area contributed by atoms with E-state index in [1.807, 2.05) is 0 Å². The topological polar surface area (TPSA) is 55.2 Å². The minimum absolute atomic E-state index is 0.204. The average Bonchev–Trinajstić information content (AvgIpc) is 2.88. The maximum Gasteiger partial charge on any atom is 0.274 e. The molecule has 0 atom stereocenters. The second kappa shape index (κ2) is 5.43. The molecule has 0 aliphatic carbocycles. The van der Waals surface area contributed by atoms with Crippen molar-refractivity contribution in [2.24, 2.45) is 7.05 Å². The highest BCUT2D eigenvalue weighted by atomic mass is 79.9. The summed E-state index contributed by atoms with van der Waals surface area (Å²) in [6.45, 7) is 2.09. The Kier molecular flexibility index (Phi) is 4.24. The summed E-state index contributed by atoms with van der Waals surface area (Å²) < 4.78 is 28.8. The molecule has 0 amide bonds. The number of hydrogen-bond donors (Lipinski definition) is 0. The van der Waals surface area contributed by atoms with E-state index in [1.165, 1.54) is 16.6 Å². The Morgan fingerprint density at radius 2 is 2.26 bits per heavy atom. The molecular weight excluding hydrogens is 374 g/mol. The van der Waals surface area contributed by atoms with Crippen molar-refractivity contribution in [1.82, 2.24) is 9.78 Å². The maximum absolute atomic E-state index is 12.6. The third kappa shape index (κ3) is 2.81. The predicted octanol–water partition coefficient (Wildman–Crippen LogP) is 3.11. The standard InChI is InChI=1S/C10H11BrClN3O2S2/c1-3-15(7-5-13-14(2)6-7)19(16,17)9-4-8(12)10(11)18-9/h4-6H,3H2,1-2H3. The van der Waals surface area contributed by atoms with Gasteiger partial charge in [-0.25, -0.2) is 8.42 Å². The first-order valence-corrected chi connectivity index (χ1v) is 8.75. The zero-order chi connectivity index (χ0) is 14.2. The van der Waals surface area contributed by atoms with Gasteiger partial charge in [0.15, 0.2) is 0 Å². The van der Waals surface area contributed by atoms with Gasteiger partial charge in [-0.3, -0.25) is 8.99 Å². The Morgan fingerprint density at radius 1 is 1.58 bits per heavy atom. The average molecular weight is 385 g/mol. The highest BCUT2D eigenvalue weighted by Gasteiger charge is 2.27. The Hall–Kier alpha value is -0.570. The van der Waals surface area contributed by atoms with Gasteiger partial charge in [0, 0.05) is 19.8 Å². The molecule has 0 aliphatic heterocycles. The summed E-state index contributed by atoms with van der Waals surface area (Å²) in [4.78, 5) is 0. The van der Waals surface area contributed by atoms with Crippen molar-refractivity contribution in [3.8, 4) is 0 Å². The lowest BCUT2D eigenvalue weighted by Crippen LogP contribution is -2.29. The van der Waals surface area contributed by atoms with Crippen LogP contribution in [-0.4, -0.2) is 24.7 Å². The Morgan fingerprint density at radius 3 is 2.68 bits per heavy atom. The van der Waals surface area contributed by atoms with E-state index in [0.717, 1.165) is 11.3 Å². The van der Waals surface area contributed by atoms with Gasteiger partial charge in [0.1, 0.15) is 4.21 Å². The molecule has 0 aromatic carbocycles. The number of sulfonamides is 1. The molecule has 0 saturated heterocycles. The third-order valence-corrected chi connectivity index (χ3v) is 7.26. The SMILES string of the molecule is CCN(c1cnn(C)c1)S(=O)(=O)c1cc(Cl)c(Br)s1. The van der Waals surface area contributed by atoms with E-state index in [1.54, 1.807) is 24.9 Å². The van der Waals surface area contributed by atoms with E-state index < -0.39 is 10.0 Å². The summed E-state index contributed by atoms with van der Waals surface area (Å²) in [5.41, 5.74) is 0.533. The zero-order valence-electron chi connectivity index (χ0n) is 10.2. The van der Waals surface area contributed by atoms with Crippen molar-refractivity contribution in [1.29, 1.82) is 0 Å². The fraction of sp³-hybridized carbons (Fsp3) is 0.300. The van der Waals surface area contributed by atoms with E-state index in [0.29, 0.717) is 21.0 Å². The van der Waals surface area contributed by atoms with Crippen molar-refractivity contribution in [3.63, 3.8) is 0 Å². The minimum atomic E-state index is -3.61. The highest BCUT2D eigenvalue weighted by molar-refractivity contribution is 9.11. The molecular formula is C10H11BrClN3O2S2. The van der Waals surface area contributed by atoms with Crippen LogP contribution in [0.2, 0.25) is 5.02 Å². The molecule has 0 bridgehead atoms. The summed E-state index contributed by atoms with van der Waals surface area (Å²) in [5, 5.41) is 4.39. The molecule has 0 radical (unpaired) electrons. The van der Waals surface area contributed by atoms with Crippen molar-refractivity contribution >= 4 is 54.6 Å². The van der Waals surface area contributed by atoms with Crippen LogP contribution in [0.4, 0.5) is 5.69 Å². The fourth-order valence-corrected chi connectivity index (χ4v) is 5.55. The molecule has 104 valence electrons. The lowest BCUT2D eigenvalue weighted by molar-refractivity contribution is 0.594. The van der Waals surface area contributed by atoms with E-state index in [2.05, 4.69) is 21.0 Å². The van der Waals surface area contributed by atoms with Crippen LogP contribution in [0.25, 0.3) is 0 Å². The van der Waals surface area contributed by atoms with Gasteiger partial charge in [-0.05, 0) is 28.9 Å². The molecule has 0 fully saturated rings. The Bertz CT molecular complexity index is 676. The van der Waals surface area contributed by atoms with E-state index in [-0.39, 0.29) is 4.21 Å². The Labute approximate surface area is 129 Å². The summed E-state index contributed by atoms with van der Waals surface area (Å²) in [7, 11) is -1.87. The number of anilines is 1. The third-order valence-electron chi connectivity index (χ3n) is 2.43. The molecule has 19 heavy (non-hydrogen) atoms.